The minimum absolute atomic E-state index is 0.0402. The molecule has 5 aromatic rings. The van der Waals surface area contributed by atoms with Gasteiger partial charge in [0.15, 0.2) is 0 Å². The number of aromatic nitrogens is 4. The summed E-state index contributed by atoms with van der Waals surface area (Å²) in [6.07, 6.45) is 1.36. The van der Waals surface area contributed by atoms with Gasteiger partial charge in [0.2, 0.25) is 5.95 Å². The van der Waals surface area contributed by atoms with Gasteiger partial charge >= 0.3 is 0 Å². The molecule has 0 amide bonds. The molecule has 0 aliphatic carbocycles. The molecule has 0 radical (unpaired) electrons. The van der Waals surface area contributed by atoms with Crippen molar-refractivity contribution in [1.82, 2.24) is 19.5 Å². The van der Waals surface area contributed by atoms with Crippen molar-refractivity contribution in [3.05, 3.63) is 106 Å². The van der Waals surface area contributed by atoms with Crippen LogP contribution in [-0.2, 0) is 0 Å². The summed E-state index contributed by atoms with van der Waals surface area (Å²) in [5.74, 6) is 0.791. The molecule has 0 aliphatic rings. The fraction of sp³-hybridized carbons (Fsp3) is 0.107. The molecule has 8 heteroatoms. The van der Waals surface area contributed by atoms with Crippen LogP contribution in [0.3, 0.4) is 0 Å². The smallest absolute Gasteiger partial charge is 0.266 e. The van der Waals surface area contributed by atoms with Gasteiger partial charge in [-0.15, -0.1) is 0 Å². The average Bonchev–Trinajstić information content (AvgIpc) is 2.89. The fourth-order valence-electron chi connectivity index (χ4n) is 4.27. The summed E-state index contributed by atoms with van der Waals surface area (Å²) in [7, 11) is 0. The van der Waals surface area contributed by atoms with Crippen molar-refractivity contribution in [3.63, 3.8) is 0 Å². The highest BCUT2D eigenvalue weighted by atomic mass is 16.1. The summed E-state index contributed by atoms with van der Waals surface area (Å²) in [4.78, 5) is 27.2. The van der Waals surface area contributed by atoms with Gasteiger partial charge in [0.1, 0.15) is 23.3 Å². The van der Waals surface area contributed by atoms with Crippen LogP contribution in [0.4, 0.5) is 11.8 Å². The molecular formula is C28H23N7O. The molecule has 3 aromatic carbocycles. The highest BCUT2D eigenvalue weighted by Crippen LogP contribution is 2.29. The van der Waals surface area contributed by atoms with Crippen molar-refractivity contribution >= 4 is 22.7 Å². The van der Waals surface area contributed by atoms with Crippen molar-refractivity contribution in [2.45, 2.75) is 19.9 Å². The zero-order chi connectivity index (χ0) is 25.2. The number of rotatable bonds is 5. The molecule has 176 valence electrons. The maximum atomic E-state index is 14.2. The normalized spacial score (nSPS) is 11.7. The highest BCUT2D eigenvalue weighted by Gasteiger charge is 2.21. The lowest BCUT2D eigenvalue weighted by atomic mass is 9.99. The Morgan fingerprint density at radius 2 is 1.81 bits per heavy atom. The molecule has 0 saturated heterocycles. The third kappa shape index (κ3) is 4.14. The van der Waals surface area contributed by atoms with E-state index in [9.17, 15) is 10.1 Å². The number of hydrogen-bond donors (Lipinski definition) is 2. The van der Waals surface area contributed by atoms with Gasteiger partial charge in [-0.1, -0.05) is 60.2 Å². The van der Waals surface area contributed by atoms with E-state index in [1.807, 2.05) is 80.6 Å². The summed E-state index contributed by atoms with van der Waals surface area (Å²) in [5.41, 5.74) is 9.95. The molecule has 0 spiro atoms. The average molecular weight is 474 g/mol. The number of benzene rings is 3. The van der Waals surface area contributed by atoms with Gasteiger partial charge in [-0.05, 0) is 43.2 Å². The second-order valence-electron chi connectivity index (χ2n) is 8.48. The van der Waals surface area contributed by atoms with Crippen LogP contribution in [0, 0.1) is 18.3 Å². The van der Waals surface area contributed by atoms with Crippen LogP contribution in [-0.4, -0.2) is 19.5 Å². The lowest BCUT2D eigenvalue weighted by Gasteiger charge is -2.21. The number of aryl methyl sites for hydroxylation is 1. The first-order valence-corrected chi connectivity index (χ1v) is 11.4. The van der Waals surface area contributed by atoms with E-state index in [2.05, 4.69) is 27.4 Å². The lowest BCUT2D eigenvalue weighted by Crippen LogP contribution is -2.28. The molecule has 5 rings (SSSR count). The van der Waals surface area contributed by atoms with E-state index < -0.39 is 6.04 Å². The first kappa shape index (κ1) is 22.7. The molecule has 0 bridgehead atoms. The number of nitrogens with one attached hydrogen (secondary N) is 1. The Balaban J connectivity index is 1.75. The Kier molecular flexibility index (Phi) is 5.88. The van der Waals surface area contributed by atoms with Crippen LogP contribution >= 0.6 is 0 Å². The van der Waals surface area contributed by atoms with Crippen LogP contribution in [0.2, 0.25) is 0 Å². The number of nitrogen functional groups attached to an aromatic ring is 1. The van der Waals surface area contributed by atoms with Crippen molar-refractivity contribution < 1.29 is 0 Å². The zero-order valence-corrected chi connectivity index (χ0v) is 19.8. The minimum Gasteiger partial charge on any atom is -0.368 e. The zero-order valence-electron chi connectivity index (χ0n) is 19.8. The van der Waals surface area contributed by atoms with Gasteiger partial charge in [-0.3, -0.25) is 9.36 Å². The SMILES string of the molecule is Cc1cccc(-c2cccc3nc([C@H](C)Nc4nc(N)ncc4C#N)n(-c4ccccc4)c(=O)c23)c1. The number of hydrogen-bond acceptors (Lipinski definition) is 7. The molecule has 2 aromatic heterocycles. The van der Waals surface area contributed by atoms with Gasteiger partial charge < -0.3 is 11.1 Å². The molecule has 1 atom stereocenters. The van der Waals surface area contributed by atoms with E-state index in [1.54, 1.807) is 4.57 Å². The van der Waals surface area contributed by atoms with Crippen LogP contribution in [0.1, 0.15) is 29.9 Å². The molecule has 0 saturated carbocycles. The van der Waals surface area contributed by atoms with Crippen LogP contribution < -0.4 is 16.6 Å². The summed E-state index contributed by atoms with van der Waals surface area (Å²) in [5, 5.41) is 13.2. The molecular weight excluding hydrogens is 450 g/mol. The summed E-state index contributed by atoms with van der Waals surface area (Å²) < 4.78 is 1.61. The van der Waals surface area contributed by atoms with Crippen molar-refractivity contribution in [2.24, 2.45) is 0 Å². The van der Waals surface area contributed by atoms with Crippen molar-refractivity contribution in [1.29, 1.82) is 5.26 Å². The second kappa shape index (κ2) is 9.31. The van der Waals surface area contributed by atoms with E-state index in [4.69, 9.17) is 10.7 Å². The number of nitrogens with zero attached hydrogens (tertiary/aromatic N) is 5. The van der Waals surface area contributed by atoms with Crippen molar-refractivity contribution in [3.8, 4) is 22.9 Å². The van der Waals surface area contributed by atoms with Crippen molar-refractivity contribution in [2.75, 3.05) is 11.1 Å². The van der Waals surface area contributed by atoms with Gasteiger partial charge in [0.25, 0.3) is 5.56 Å². The third-order valence-corrected chi connectivity index (χ3v) is 5.94. The molecule has 2 heterocycles. The Hall–Kier alpha value is -5.03. The Bertz CT molecular complexity index is 1690. The molecule has 0 aliphatic heterocycles. The Labute approximate surface area is 207 Å². The maximum Gasteiger partial charge on any atom is 0.266 e. The number of nitrogens with two attached hydrogens (primary N) is 1. The van der Waals surface area contributed by atoms with Crippen LogP contribution in [0.5, 0.6) is 0 Å². The van der Waals surface area contributed by atoms with E-state index in [1.165, 1.54) is 6.20 Å². The molecule has 8 nitrogen and oxygen atoms in total. The van der Waals surface area contributed by atoms with E-state index in [-0.39, 0.29) is 22.9 Å². The first-order valence-electron chi connectivity index (χ1n) is 11.4. The number of nitriles is 1. The van der Waals surface area contributed by atoms with Crippen LogP contribution in [0.15, 0.2) is 83.8 Å². The summed E-state index contributed by atoms with van der Waals surface area (Å²) in [6, 6.07) is 24.7. The van der Waals surface area contributed by atoms with Gasteiger partial charge in [0, 0.05) is 0 Å². The Morgan fingerprint density at radius 1 is 1.03 bits per heavy atom. The quantitative estimate of drug-likeness (QED) is 0.377. The highest BCUT2D eigenvalue weighted by molar-refractivity contribution is 5.94. The molecule has 3 N–H and O–H groups in total. The largest absolute Gasteiger partial charge is 0.368 e. The minimum atomic E-state index is -0.494. The maximum absolute atomic E-state index is 14.2. The summed E-state index contributed by atoms with van der Waals surface area (Å²) in [6.45, 7) is 3.88. The lowest BCUT2D eigenvalue weighted by molar-refractivity contribution is 0.731. The molecule has 36 heavy (non-hydrogen) atoms. The topological polar surface area (TPSA) is 123 Å². The van der Waals surface area contributed by atoms with E-state index in [0.717, 1.165) is 16.7 Å². The monoisotopic (exact) mass is 473 g/mol. The van der Waals surface area contributed by atoms with Crippen LogP contribution in [0.25, 0.3) is 27.7 Å². The predicted octanol–water partition coefficient (Wildman–Crippen LogP) is 4.78. The Morgan fingerprint density at radius 3 is 2.56 bits per heavy atom. The predicted molar refractivity (Wildman–Crippen MR) is 141 cm³/mol. The standard InChI is InChI=1S/C28H23N7O/c1-17-8-6-9-19(14-17)22-12-7-13-23-24(22)27(36)35(21-10-4-3-5-11-21)26(33-23)18(2)32-25-20(15-29)16-31-28(30)34-25/h3-14,16,18H,1-2H3,(H3,30,31,32,34)/t18-/m0/s1. The van der Waals surface area contributed by atoms with E-state index in [0.29, 0.717) is 22.4 Å². The van der Waals surface area contributed by atoms with E-state index >= 15 is 0 Å². The number of para-hydroxylation sites is 1. The van der Waals surface area contributed by atoms with Gasteiger partial charge in [-0.2, -0.15) is 10.2 Å². The fourth-order valence-corrected chi connectivity index (χ4v) is 4.27. The molecule has 0 fully saturated rings. The van der Waals surface area contributed by atoms with Gasteiger partial charge in [-0.25, -0.2) is 9.97 Å². The van der Waals surface area contributed by atoms with Gasteiger partial charge in [0.05, 0.1) is 28.8 Å². The third-order valence-electron chi connectivity index (χ3n) is 5.94. The molecule has 0 unspecified atom stereocenters. The number of anilines is 2. The summed E-state index contributed by atoms with van der Waals surface area (Å²) >= 11 is 0. The number of fused-ring (bicyclic) bond motifs is 1. The first-order chi connectivity index (χ1) is 17.5. The second-order valence-corrected chi connectivity index (χ2v) is 8.48.